The third-order valence-corrected chi connectivity index (χ3v) is 4.29. The first-order valence-corrected chi connectivity index (χ1v) is 8.35. The number of carbonyl (C=O) groups excluding carboxylic acids is 2. The van der Waals surface area contributed by atoms with E-state index in [9.17, 15) is 9.59 Å². The van der Waals surface area contributed by atoms with Crippen LogP contribution >= 0.6 is 11.6 Å². The summed E-state index contributed by atoms with van der Waals surface area (Å²) >= 11 is 5.96. The van der Waals surface area contributed by atoms with Crippen LogP contribution in [0.25, 0.3) is 0 Å². The zero-order chi connectivity index (χ0) is 16.8. The van der Waals surface area contributed by atoms with E-state index in [-0.39, 0.29) is 17.9 Å². The molecule has 6 heteroatoms. The number of hydrogen-bond donors (Lipinski definition) is 1. The highest BCUT2D eigenvalue weighted by Gasteiger charge is 2.24. The molecule has 0 atom stereocenters. The van der Waals surface area contributed by atoms with Gasteiger partial charge in [-0.25, -0.2) is 0 Å². The zero-order valence-electron chi connectivity index (χ0n) is 13.6. The molecule has 0 aromatic heterocycles. The molecule has 1 aliphatic heterocycles. The summed E-state index contributed by atoms with van der Waals surface area (Å²) in [7, 11) is 1.53. The van der Waals surface area contributed by atoms with Gasteiger partial charge in [-0.15, -0.1) is 0 Å². The summed E-state index contributed by atoms with van der Waals surface area (Å²) in [6.45, 7) is 3.39. The van der Waals surface area contributed by atoms with Gasteiger partial charge in [-0.05, 0) is 37.5 Å². The predicted molar refractivity (Wildman–Crippen MR) is 90.0 cm³/mol. The fraction of sp³-hybridized carbons (Fsp3) is 0.529. The van der Waals surface area contributed by atoms with Gasteiger partial charge in [0.05, 0.1) is 12.7 Å². The molecule has 1 N–H and O–H groups in total. The number of amides is 2. The normalized spacial score (nSPS) is 15.3. The van der Waals surface area contributed by atoms with Crippen LogP contribution in [0.15, 0.2) is 18.2 Å². The van der Waals surface area contributed by atoms with E-state index >= 15 is 0 Å². The summed E-state index contributed by atoms with van der Waals surface area (Å²) in [5, 5.41) is 3.51. The summed E-state index contributed by atoms with van der Waals surface area (Å²) in [6, 6.07) is 5.05. The van der Waals surface area contributed by atoms with Crippen LogP contribution in [0.3, 0.4) is 0 Å². The van der Waals surface area contributed by atoms with E-state index in [1.54, 1.807) is 18.2 Å². The van der Waals surface area contributed by atoms with Gasteiger partial charge in [0.2, 0.25) is 5.91 Å². The number of carbonyl (C=O) groups is 2. The van der Waals surface area contributed by atoms with Crippen molar-refractivity contribution < 1.29 is 14.3 Å². The second-order valence-corrected chi connectivity index (χ2v) is 6.16. The minimum atomic E-state index is -0.192. The number of nitrogens with one attached hydrogen (secondary N) is 1. The largest absolute Gasteiger partial charge is 0.496 e. The van der Waals surface area contributed by atoms with Gasteiger partial charge in [0.25, 0.3) is 5.91 Å². The molecule has 1 aliphatic rings. The lowest BCUT2D eigenvalue weighted by Gasteiger charge is -2.32. The highest BCUT2D eigenvalue weighted by Crippen LogP contribution is 2.23. The Morgan fingerprint density at radius 1 is 1.35 bits per heavy atom. The first kappa shape index (κ1) is 17.6. The molecule has 0 spiro atoms. The van der Waals surface area contributed by atoms with Gasteiger partial charge in [-0.2, -0.15) is 0 Å². The predicted octanol–water partition coefficient (Wildman–Crippen LogP) is 2.87. The van der Waals surface area contributed by atoms with Gasteiger partial charge in [0.1, 0.15) is 5.75 Å². The van der Waals surface area contributed by atoms with Crippen molar-refractivity contribution in [1.82, 2.24) is 10.2 Å². The molecule has 1 fully saturated rings. The van der Waals surface area contributed by atoms with E-state index in [4.69, 9.17) is 16.3 Å². The van der Waals surface area contributed by atoms with E-state index in [2.05, 4.69) is 5.32 Å². The van der Waals surface area contributed by atoms with Gasteiger partial charge < -0.3 is 15.0 Å². The fourth-order valence-electron chi connectivity index (χ4n) is 2.77. The number of piperidine rings is 1. The summed E-state index contributed by atoms with van der Waals surface area (Å²) in [6.07, 6.45) is 2.99. The molecule has 1 heterocycles. The second kappa shape index (κ2) is 8.20. The van der Waals surface area contributed by atoms with Gasteiger partial charge in [-0.3, -0.25) is 9.59 Å². The van der Waals surface area contributed by atoms with E-state index in [0.717, 1.165) is 19.3 Å². The van der Waals surface area contributed by atoms with E-state index in [1.807, 2.05) is 11.8 Å². The first-order chi connectivity index (χ1) is 11.0. The average Bonchev–Trinajstić information content (AvgIpc) is 2.55. The Morgan fingerprint density at radius 2 is 2.04 bits per heavy atom. The number of nitrogens with zero attached hydrogens (tertiary/aromatic N) is 1. The van der Waals surface area contributed by atoms with Gasteiger partial charge in [0.15, 0.2) is 0 Å². The Labute approximate surface area is 141 Å². The Balaban J connectivity index is 1.93. The van der Waals surface area contributed by atoms with Crippen LogP contribution in [0.5, 0.6) is 5.75 Å². The zero-order valence-corrected chi connectivity index (χ0v) is 14.4. The number of likely N-dealkylation sites (tertiary alicyclic amines) is 1. The molecule has 1 saturated heterocycles. The summed E-state index contributed by atoms with van der Waals surface area (Å²) in [5.74, 6) is 0.513. The quantitative estimate of drug-likeness (QED) is 0.898. The van der Waals surface area contributed by atoms with Crippen molar-refractivity contribution in [2.75, 3.05) is 20.2 Å². The lowest BCUT2D eigenvalue weighted by atomic mass is 10.0. The van der Waals surface area contributed by atoms with Crippen molar-refractivity contribution in [2.24, 2.45) is 0 Å². The summed E-state index contributed by atoms with van der Waals surface area (Å²) < 4.78 is 5.21. The van der Waals surface area contributed by atoms with Crippen LogP contribution in [0.1, 0.15) is 43.0 Å². The topological polar surface area (TPSA) is 58.6 Å². The number of benzene rings is 1. The van der Waals surface area contributed by atoms with Crippen LogP contribution in [-0.4, -0.2) is 43.0 Å². The number of hydrogen-bond acceptors (Lipinski definition) is 3. The molecule has 0 radical (unpaired) electrons. The van der Waals surface area contributed by atoms with Gasteiger partial charge in [0, 0.05) is 30.6 Å². The van der Waals surface area contributed by atoms with Crippen LogP contribution in [0.4, 0.5) is 0 Å². The SMILES string of the molecule is CCCC(=O)N1CCC(NC(=O)c2cc(Cl)ccc2OC)CC1. The van der Waals surface area contributed by atoms with Crippen LogP contribution in [0.2, 0.25) is 5.02 Å². The molecule has 126 valence electrons. The van der Waals surface area contributed by atoms with E-state index in [1.165, 1.54) is 7.11 Å². The van der Waals surface area contributed by atoms with Crippen molar-refractivity contribution in [2.45, 2.75) is 38.6 Å². The van der Waals surface area contributed by atoms with Gasteiger partial charge in [-0.1, -0.05) is 18.5 Å². The van der Waals surface area contributed by atoms with Crippen molar-refractivity contribution in [1.29, 1.82) is 0 Å². The molecule has 0 unspecified atom stereocenters. The number of rotatable bonds is 5. The molecule has 0 saturated carbocycles. The van der Waals surface area contributed by atoms with Crippen LogP contribution in [0, 0.1) is 0 Å². The third kappa shape index (κ3) is 4.61. The highest BCUT2D eigenvalue weighted by atomic mass is 35.5. The average molecular weight is 339 g/mol. The molecule has 1 aromatic rings. The van der Waals surface area contributed by atoms with E-state index < -0.39 is 0 Å². The minimum absolute atomic E-state index is 0.0665. The molecular weight excluding hydrogens is 316 g/mol. The molecule has 0 aliphatic carbocycles. The minimum Gasteiger partial charge on any atom is -0.496 e. The Hall–Kier alpha value is -1.75. The highest BCUT2D eigenvalue weighted by molar-refractivity contribution is 6.31. The molecule has 2 rings (SSSR count). The maximum atomic E-state index is 12.4. The molecule has 23 heavy (non-hydrogen) atoms. The number of methoxy groups -OCH3 is 1. The molecular formula is C17H23ClN2O3. The third-order valence-electron chi connectivity index (χ3n) is 4.05. The molecule has 2 amide bonds. The lowest BCUT2D eigenvalue weighted by Crippen LogP contribution is -2.46. The van der Waals surface area contributed by atoms with Gasteiger partial charge >= 0.3 is 0 Å². The summed E-state index contributed by atoms with van der Waals surface area (Å²) in [5.41, 5.74) is 0.435. The fourth-order valence-corrected chi connectivity index (χ4v) is 2.94. The first-order valence-electron chi connectivity index (χ1n) is 7.97. The molecule has 0 bridgehead atoms. The molecule has 5 nitrogen and oxygen atoms in total. The number of halogens is 1. The Bertz CT molecular complexity index is 569. The second-order valence-electron chi connectivity index (χ2n) is 5.72. The van der Waals surface area contributed by atoms with E-state index in [0.29, 0.717) is 35.8 Å². The van der Waals surface area contributed by atoms with Crippen molar-refractivity contribution in [3.63, 3.8) is 0 Å². The van der Waals surface area contributed by atoms with Crippen molar-refractivity contribution >= 4 is 23.4 Å². The molecule has 1 aromatic carbocycles. The maximum absolute atomic E-state index is 12.4. The Kier molecular flexibility index (Phi) is 6.28. The van der Waals surface area contributed by atoms with Crippen LogP contribution < -0.4 is 10.1 Å². The Morgan fingerprint density at radius 3 is 2.65 bits per heavy atom. The lowest BCUT2D eigenvalue weighted by molar-refractivity contribution is -0.132. The monoisotopic (exact) mass is 338 g/mol. The summed E-state index contributed by atoms with van der Waals surface area (Å²) in [4.78, 5) is 26.2. The number of ether oxygens (including phenoxy) is 1. The van der Waals surface area contributed by atoms with Crippen LogP contribution in [-0.2, 0) is 4.79 Å². The van der Waals surface area contributed by atoms with Crippen molar-refractivity contribution in [3.8, 4) is 5.75 Å². The smallest absolute Gasteiger partial charge is 0.255 e. The van der Waals surface area contributed by atoms with Crippen molar-refractivity contribution in [3.05, 3.63) is 28.8 Å². The standard InChI is InChI=1S/C17H23ClN2O3/c1-3-4-16(21)20-9-7-13(8-10-20)19-17(22)14-11-12(18)5-6-15(14)23-2/h5-6,11,13H,3-4,7-10H2,1-2H3,(H,19,22). The maximum Gasteiger partial charge on any atom is 0.255 e.